The minimum absolute atomic E-state index is 0.00627. The molecular formula is C25H20BrFN2O4. The first-order valence-electron chi connectivity index (χ1n) is 10.2. The Kier molecular flexibility index (Phi) is 6.74. The van der Waals surface area contributed by atoms with E-state index in [-0.39, 0.29) is 18.0 Å². The predicted molar refractivity (Wildman–Crippen MR) is 126 cm³/mol. The van der Waals surface area contributed by atoms with E-state index in [1.165, 1.54) is 17.2 Å². The van der Waals surface area contributed by atoms with E-state index in [1.807, 2.05) is 13.0 Å². The number of carbonyl (C=O) groups is 2. The van der Waals surface area contributed by atoms with Crippen LogP contribution in [0.15, 0.2) is 76.8 Å². The minimum Gasteiger partial charge on any atom is -0.490 e. The highest BCUT2D eigenvalue weighted by Crippen LogP contribution is 2.38. The molecule has 1 N–H and O–H groups in total. The molecule has 1 aliphatic heterocycles. The Morgan fingerprint density at radius 2 is 1.76 bits per heavy atom. The summed E-state index contributed by atoms with van der Waals surface area (Å²) in [5, 5.41) is 1.21. The van der Waals surface area contributed by atoms with Gasteiger partial charge in [-0.15, -0.1) is 0 Å². The van der Waals surface area contributed by atoms with Crippen LogP contribution in [0.1, 0.15) is 18.1 Å². The molecule has 1 heterocycles. The maximum atomic E-state index is 14.0. The number of nitrogens with one attached hydrogen (secondary N) is 1. The van der Waals surface area contributed by atoms with Crippen LogP contribution in [0, 0.1) is 5.82 Å². The fourth-order valence-corrected chi connectivity index (χ4v) is 3.90. The normalized spacial score (nSPS) is 14.5. The Morgan fingerprint density at radius 3 is 2.48 bits per heavy atom. The van der Waals surface area contributed by atoms with E-state index in [9.17, 15) is 14.0 Å². The molecule has 8 heteroatoms. The van der Waals surface area contributed by atoms with Crippen molar-refractivity contribution in [3.8, 4) is 11.5 Å². The zero-order chi connectivity index (χ0) is 23.4. The van der Waals surface area contributed by atoms with Crippen LogP contribution in [0.5, 0.6) is 11.5 Å². The topological polar surface area (TPSA) is 67.9 Å². The SMILES string of the molecule is CCOc1cc(/C=C2\C(=O)NN(c3ccccc3)C2=O)cc(Br)c1OCc1ccccc1F. The zero-order valence-electron chi connectivity index (χ0n) is 17.7. The maximum Gasteiger partial charge on any atom is 0.282 e. The summed E-state index contributed by atoms with van der Waals surface area (Å²) in [4.78, 5) is 25.3. The standard InChI is InChI=1S/C25H20BrFN2O4/c1-2-32-22-14-16(13-20(26)23(22)33-15-17-8-6-7-11-21(17)27)12-19-24(30)28-29(25(19)31)18-9-4-3-5-10-18/h3-14H,2,15H2,1H3,(H,28,30)/b19-12+. The van der Waals surface area contributed by atoms with Gasteiger partial charge in [-0.25, -0.2) is 9.40 Å². The smallest absolute Gasteiger partial charge is 0.282 e. The number of hydrogen-bond acceptors (Lipinski definition) is 4. The molecule has 0 atom stereocenters. The molecule has 4 rings (SSSR count). The van der Waals surface area contributed by atoms with Gasteiger partial charge in [-0.1, -0.05) is 36.4 Å². The number of rotatable bonds is 7. The second-order valence-electron chi connectivity index (χ2n) is 7.12. The number of hydrogen-bond donors (Lipinski definition) is 1. The second kappa shape index (κ2) is 9.87. The lowest BCUT2D eigenvalue weighted by Crippen LogP contribution is -2.35. The van der Waals surface area contributed by atoms with Crippen molar-refractivity contribution in [2.45, 2.75) is 13.5 Å². The number of ether oxygens (including phenoxy) is 2. The van der Waals surface area contributed by atoms with E-state index in [0.717, 1.165) is 0 Å². The molecule has 0 aromatic heterocycles. The molecule has 0 bridgehead atoms. The van der Waals surface area contributed by atoms with Crippen molar-refractivity contribution in [2.24, 2.45) is 0 Å². The van der Waals surface area contributed by atoms with E-state index in [2.05, 4.69) is 21.4 Å². The number of benzene rings is 3. The summed E-state index contributed by atoms with van der Waals surface area (Å²) < 4.78 is 26.1. The Morgan fingerprint density at radius 1 is 1.03 bits per heavy atom. The third-order valence-corrected chi connectivity index (χ3v) is 5.47. The van der Waals surface area contributed by atoms with E-state index < -0.39 is 11.8 Å². The molecule has 1 aliphatic rings. The average Bonchev–Trinajstić information content (AvgIpc) is 3.09. The maximum absolute atomic E-state index is 14.0. The Balaban J connectivity index is 1.62. The lowest BCUT2D eigenvalue weighted by molar-refractivity contribution is -0.117. The summed E-state index contributed by atoms with van der Waals surface area (Å²) in [5.41, 5.74) is 4.11. The van der Waals surface area contributed by atoms with Crippen LogP contribution in [0.3, 0.4) is 0 Å². The van der Waals surface area contributed by atoms with Crippen molar-refractivity contribution in [3.05, 3.63) is 93.7 Å². The van der Waals surface area contributed by atoms with Gasteiger partial charge in [0.2, 0.25) is 0 Å². The largest absolute Gasteiger partial charge is 0.490 e. The van der Waals surface area contributed by atoms with Crippen LogP contribution in [0.2, 0.25) is 0 Å². The van der Waals surface area contributed by atoms with Gasteiger partial charge in [0.05, 0.1) is 16.8 Å². The second-order valence-corrected chi connectivity index (χ2v) is 7.97. The highest BCUT2D eigenvalue weighted by Gasteiger charge is 2.34. The van der Waals surface area contributed by atoms with Crippen LogP contribution in [-0.2, 0) is 16.2 Å². The molecule has 3 aromatic carbocycles. The number of nitrogens with zero attached hydrogens (tertiary/aromatic N) is 1. The van der Waals surface area contributed by atoms with Gasteiger partial charge in [0.25, 0.3) is 11.8 Å². The van der Waals surface area contributed by atoms with Crippen molar-refractivity contribution < 1.29 is 23.5 Å². The van der Waals surface area contributed by atoms with Crippen molar-refractivity contribution in [3.63, 3.8) is 0 Å². The van der Waals surface area contributed by atoms with Crippen molar-refractivity contribution in [1.29, 1.82) is 0 Å². The molecule has 33 heavy (non-hydrogen) atoms. The third-order valence-electron chi connectivity index (χ3n) is 4.88. The van der Waals surface area contributed by atoms with Gasteiger partial charge in [0, 0.05) is 5.56 Å². The van der Waals surface area contributed by atoms with Crippen molar-refractivity contribution in [1.82, 2.24) is 5.43 Å². The Labute approximate surface area is 198 Å². The minimum atomic E-state index is -0.502. The van der Waals surface area contributed by atoms with E-state index >= 15 is 0 Å². The third kappa shape index (κ3) is 4.90. The van der Waals surface area contributed by atoms with Crippen LogP contribution in [0.25, 0.3) is 6.08 Å². The van der Waals surface area contributed by atoms with E-state index in [0.29, 0.717) is 39.4 Å². The predicted octanol–water partition coefficient (Wildman–Crippen LogP) is 5.03. The summed E-state index contributed by atoms with van der Waals surface area (Å²) in [7, 11) is 0. The number of amides is 2. The molecule has 0 aliphatic carbocycles. The van der Waals surface area contributed by atoms with Crippen LogP contribution >= 0.6 is 15.9 Å². The van der Waals surface area contributed by atoms with Crippen molar-refractivity contribution >= 4 is 39.5 Å². The molecule has 1 fully saturated rings. The molecule has 3 aromatic rings. The van der Waals surface area contributed by atoms with Gasteiger partial charge in [-0.05, 0) is 64.8 Å². The number of carbonyl (C=O) groups excluding carboxylic acids is 2. The molecule has 1 saturated heterocycles. The average molecular weight is 511 g/mol. The summed E-state index contributed by atoms with van der Waals surface area (Å²) in [6.45, 7) is 2.20. The first kappa shape index (κ1) is 22.5. The molecule has 0 unspecified atom stereocenters. The zero-order valence-corrected chi connectivity index (χ0v) is 19.3. The van der Waals surface area contributed by atoms with Crippen molar-refractivity contribution in [2.75, 3.05) is 11.6 Å². The van der Waals surface area contributed by atoms with Gasteiger partial charge in [0.15, 0.2) is 11.5 Å². The number of anilines is 1. The van der Waals surface area contributed by atoms with Gasteiger partial charge in [0.1, 0.15) is 18.0 Å². The van der Waals surface area contributed by atoms with Crippen LogP contribution in [0.4, 0.5) is 10.1 Å². The highest BCUT2D eigenvalue weighted by atomic mass is 79.9. The first-order valence-corrected chi connectivity index (χ1v) is 11.0. The van der Waals surface area contributed by atoms with E-state index in [4.69, 9.17) is 9.47 Å². The monoisotopic (exact) mass is 510 g/mol. The lowest BCUT2D eigenvalue weighted by Gasteiger charge is -2.15. The quantitative estimate of drug-likeness (QED) is 0.357. The number of para-hydroxylation sites is 1. The fraction of sp³-hybridized carbons (Fsp3) is 0.120. The highest BCUT2D eigenvalue weighted by molar-refractivity contribution is 9.10. The summed E-state index contributed by atoms with van der Waals surface area (Å²) in [5.74, 6) is -0.518. The lowest BCUT2D eigenvalue weighted by atomic mass is 10.1. The van der Waals surface area contributed by atoms with Gasteiger partial charge >= 0.3 is 0 Å². The first-order chi connectivity index (χ1) is 16.0. The molecular weight excluding hydrogens is 491 g/mol. The van der Waals surface area contributed by atoms with Gasteiger partial charge in [-0.3, -0.25) is 15.0 Å². The summed E-state index contributed by atoms with van der Waals surface area (Å²) >= 11 is 3.46. The summed E-state index contributed by atoms with van der Waals surface area (Å²) in [6, 6.07) is 18.6. The number of hydrazine groups is 1. The Hall–Kier alpha value is -3.65. The molecule has 0 radical (unpaired) electrons. The van der Waals surface area contributed by atoms with E-state index in [1.54, 1.807) is 54.6 Å². The van der Waals surface area contributed by atoms with Crippen LogP contribution in [-0.4, -0.2) is 18.4 Å². The Bertz CT molecular complexity index is 1230. The molecule has 168 valence electrons. The van der Waals surface area contributed by atoms with Crippen LogP contribution < -0.4 is 19.9 Å². The summed E-state index contributed by atoms with van der Waals surface area (Å²) in [6.07, 6.45) is 1.49. The number of halogens is 2. The molecule has 2 amide bonds. The molecule has 0 saturated carbocycles. The fourth-order valence-electron chi connectivity index (χ4n) is 3.32. The van der Waals surface area contributed by atoms with Gasteiger partial charge < -0.3 is 9.47 Å². The van der Waals surface area contributed by atoms with Gasteiger partial charge in [-0.2, -0.15) is 0 Å². The molecule has 6 nitrogen and oxygen atoms in total. The molecule has 0 spiro atoms.